The third kappa shape index (κ3) is 4.23. The molecular formula is C13H24O2. The Balaban J connectivity index is 2.30. The first-order valence-electron chi connectivity index (χ1n) is 6.13. The lowest BCUT2D eigenvalue weighted by Crippen LogP contribution is -2.23. The lowest BCUT2D eigenvalue weighted by Gasteiger charge is -2.35. The fraction of sp³-hybridized carbons (Fsp3) is 0.923. The summed E-state index contributed by atoms with van der Waals surface area (Å²) in [5.74, 6) is -0.0596. The first-order valence-corrected chi connectivity index (χ1v) is 6.13. The van der Waals surface area contributed by atoms with Crippen LogP contribution < -0.4 is 0 Å². The van der Waals surface area contributed by atoms with Gasteiger partial charge in [0, 0.05) is 0 Å². The molecule has 0 aromatic carbocycles. The van der Waals surface area contributed by atoms with Gasteiger partial charge in [-0.3, -0.25) is 4.79 Å². The van der Waals surface area contributed by atoms with Crippen LogP contribution in [0.4, 0.5) is 0 Å². The van der Waals surface area contributed by atoms with E-state index in [1.807, 2.05) is 6.92 Å². The Morgan fingerprint density at radius 3 is 2.73 bits per heavy atom. The van der Waals surface area contributed by atoms with E-state index >= 15 is 0 Å². The maximum Gasteiger partial charge on any atom is 0.306 e. The summed E-state index contributed by atoms with van der Waals surface area (Å²) in [5.41, 5.74) is 0.482. The van der Waals surface area contributed by atoms with E-state index in [9.17, 15) is 4.79 Å². The molecule has 15 heavy (non-hydrogen) atoms. The number of hydrogen-bond acceptors (Lipinski definition) is 1. The van der Waals surface area contributed by atoms with Gasteiger partial charge in [-0.15, -0.1) is 0 Å². The molecule has 0 amide bonds. The Morgan fingerprint density at radius 1 is 1.53 bits per heavy atom. The van der Waals surface area contributed by atoms with Crippen molar-refractivity contribution in [1.29, 1.82) is 0 Å². The van der Waals surface area contributed by atoms with E-state index in [0.717, 1.165) is 18.8 Å². The molecular weight excluding hydrogens is 188 g/mol. The summed E-state index contributed by atoms with van der Waals surface area (Å²) in [6.45, 7) is 6.48. The van der Waals surface area contributed by atoms with Gasteiger partial charge in [-0.05, 0) is 37.0 Å². The summed E-state index contributed by atoms with van der Waals surface area (Å²) in [6.07, 6.45) is 7.17. The first kappa shape index (κ1) is 12.5. The van der Waals surface area contributed by atoms with Gasteiger partial charge in [-0.1, -0.05) is 33.6 Å². The normalized spacial score (nSPS) is 27.3. The van der Waals surface area contributed by atoms with Gasteiger partial charge in [0.2, 0.25) is 0 Å². The third-order valence-corrected chi connectivity index (χ3v) is 3.74. The molecule has 0 bridgehead atoms. The van der Waals surface area contributed by atoms with Gasteiger partial charge in [0.05, 0.1) is 5.92 Å². The molecule has 1 rings (SSSR count). The van der Waals surface area contributed by atoms with E-state index < -0.39 is 5.97 Å². The number of carboxylic acid groups (broad SMARTS) is 1. The molecule has 1 aliphatic carbocycles. The summed E-state index contributed by atoms with van der Waals surface area (Å²) in [7, 11) is 0. The van der Waals surface area contributed by atoms with E-state index in [0.29, 0.717) is 5.41 Å². The van der Waals surface area contributed by atoms with E-state index in [1.54, 1.807) is 0 Å². The van der Waals surface area contributed by atoms with Gasteiger partial charge < -0.3 is 5.11 Å². The van der Waals surface area contributed by atoms with Crippen LogP contribution in [0.1, 0.15) is 59.3 Å². The lowest BCUT2D eigenvalue weighted by atomic mass is 9.70. The van der Waals surface area contributed by atoms with Gasteiger partial charge in [0.15, 0.2) is 0 Å². The maximum absolute atomic E-state index is 10.7. The van der Waals surface area contributed by atoms with Crippen molar-refractivity contribution < 1.29 is 9.90 Å². The predicted molar refractivity (Wildman–Crippen MR) is 61.8 cm³/mol. The van der Waals surface area contributed by atoms with Crippen molar-refractivity contribution in [1.82, 2.24) is 0 Å². The van der Waals surface area contributed by atoms with E-state index in [4.69, 9.17) is 5.11 Å². The number of carbonyl (C=O) groups is 1. The molecule has 2 atom stereocenters. The molecule has 88 valence electrons. The van der Waals surface area contributed by atoms with Crippen molar-refractivity contribution in [2.45, 2.75) is 59.3 Å². The number of hydrogen-bond donors (Lipinski definition) is 1. The molecule has 0 radical (unpaired) electrons. The fourth-order valence-corrected chi connectivity index (χ4v) is 2.71. The van der Waals surface area contributed by atoms with Crippen LogP contribution in [0.3, 0.4) is 0 Å². The minimum atomic E-state index is -0.648. The summed E-state index contributed by atoms with van der Waals surface area (Å²) < 4.78 is 0. The zero-order chi connectivity index (χ0) is 11.5. The van der Waals surface area contributed by atoms with Crippen LogP contribution in [0.15, 0.2) is 0 Å². The second-order valence-corrected chi connectivity index (χ2v) is 5.94. The molecule has 2 unspecified atom stereocenters. The number of carboxylic acids is 1. The molecule has 2 nitrogen and oxygen atoms in total. The summed E-state index contributed by atoms with van der Waals surface area (Å²) in [5, 5.41) is 8.81. The minimum absolute atomic E-state index is 0.171. The predicted octanol–water partition coefficient (Wildman–Crippen LogP) is 3.70. The first-order chi connectivity index (χ1) is 6.91. The molecule has 0 aromatic heterocycles. The summed E-state index contributed by atoms with van der Waals surface area (Å²) in [4.78, 5) is 10.7. The second kappa shape index (κ2) is 5.00. The largest absolute Gasteiger partial charge is 0.481 e. The Hall–Kier alpha value is -0.530. The van der Waals surface area contributed by atoms with Crippen molar-refractivity contribution in [3.05, 3.63) is 0 Å². The molecule has 2 heteroatoms. The zero-order valence-electron chi connectivity index (χ0n) is 10.3. The smallest absolute Gasteiger partial charge is 0.306 e. The average molecular weight is 212 g/mol. The topological polar surface area (TPSA) is 37.3 Å². The van der Waals surface area contributed by atoms with Gasteiger partial charge >= 0.3 is 5.97 Å². The standard InChI is InChI=1S/C13H24O2/c1-10(12(14)15)6-7-11-5-4-8-13(2,3)9-11/h10-11H,4-9H2,1-3H3,(H,14,15). The number of rotatable bonds is 4. The van der Waals surface area contributed by atoms with E-state index in [2.05, 4.69) is 13.8 Å². The second-order valence-electron chi connectivity index (χ2n) is 5.94. The lowest BCUT2D eigenvalue weighted by molar-refractivity contribution is -0.141. The van der Waals surface area contributed by atoms with Crippen molar-refractivity contribution in [3.63, 3.8) is 0 Å². The van der Waals surface area contributed by atoms with Crippen molar-refractivity contribution in [2.24, 2.45) is 17.3 Å². The van der Waals surface area contributed by atoms with Crippen LogP contribution in [-0.2, 0) is 4.79 Å². The van der Waals surface area contributed by atoms with Crippen molar-refractivity contribution in [3.8, 4) is 0 Å². The highest BCUT2D eigenvalue weighted by molar-refractivity contribution is 5.69. The molecule has 1 aliphatic rings. The summed E-state index contributed by atoms with van der Waals surface area (Å²) >= 11 is 0. The molecule has 1 fully saturated rings. The highest BCUT2D eigenvalue weighted by atomic mass is 16.4. The maximum atomic E-state index is 10.7. The third-order valence-electron chi connectivity index (χ3n) is 3.74. The van der Waals surface area contributed by atoms with E-state index in [-0.39, 0.29) is 5.92 Å². The van der Waals surface area contributed by atoms with Gasteiger partial charge in [0.25, 0.3) is 0 Å². The van der Waals surface area contributed by atoms with Crippen LogP contribution in [0, 0.1) is 17.3 Å². The molecule has 0 saturated heterocycles. The van der Waals surface area contributed by atoms with Crippen molar-refractivity contribution in [2.75, 3.05) is 0 Å². The minimum Gasteiger partial charge on any atom is -0.481 e. The average Bonchev–Trinajstić information content (AvgIpc) is 2.12. The van der Waals surface area contributed by atoms with Crippen LogP contribution >= 0.6 is 0 Å². The molecule has 0 aliphatic heterocycles. The SMILES string of the molecule is CC(CCC1CCCC(C)(C)C1)C(=O)O. The van der Waals surface area contributed by atoms with Crippen LogP contribution in [0.2, 0.25) is 0 Å². The van der Waals surface area contributed by atoms with Gasteiger partial charge in [0.1, 0.15) is 0 Å². The molecule has 1 saturated carbocycles. The van der Waals surface area contributed by atoms with Gasteiger partial charge in [-0.2, -0.15) is 0 Å². The highest BCUT2D eigenvalue weighted by Crippen LogP contribution is 2.40. The Kier molecular flexibility index (Phi) is 4.18. The fourth-order valence-electron chi connectivity index (χ4n) is 2.71. The Labute approximate surface area is 93.1 Å². The van der Waals surface area contributed by atoms with Gasteiger partial charge in [-0.25, -0.2) is 0 Å². The Morgan fingerprint density at radius 2 is 2.20 bits per heavy atom. The van der Waals surface area contributed by atoms with E-state index in [1.165, 1.54) is 25.7 Å². The monoisotopic (exact) mass is 212 g/mol. The molecule has 0 aromatic rings. The van der Waals surface area contributed by atoms with Crippen LogP contribution in [-0.4, -0.2) is 11.1 Å². The molecule has 0 heterocycles. The quantitative estimate of drug-likeness (QED) is 0.771. The Bertz CT molecular complexity index is 221. The molecule has 1 N–H and O–H groups in total. The number of aliphatic carboxylic acids is 1. The summed E-state index contributed by atoms with van der Waals surface area (Å²) in [6, 6.07) is 0. The molecule has 0 spiro atoms. The van der Waals surface area contributed by atoms with Crippen LogP contribution in [0.25, 0.3) is 0 Å². The highest BCUT2D eigenvalue weighted by Gasteiger charge is 2.28. The zero-order valence-corrected chi connectivity index (χ0v) is 10.3. The van der Waals surface area contributed by atoms with Crippen LogP contribution in [0.5, 0.6) is 0 Å². The van der Waals surface area contributed by atoms with Crippen molar-refractivity contribution >= 4 is 5.97 Å².